The van der Waals surface area contributed by atoms with Crippen molar-refractivity contribution in [2.75, 3.05) is 6.54 Å². The molecule has 0 radical (unpaired) electrons. The molecule has 1 aromatic carbocycles. The van der Waals surface area contributed by atoms with Gasteiger partial charge in [-0.15, -0.1) is 0 Å². The van der Waals surface area contributed by atoms with Crippen molar-refractivity contribution in [2.45, 2.75) is 12.8 Å². The summed E-state index contributed by atoms with van der Waals surface area (Å²) in [5, 5.41) is 2.93. The number of amides is 4. The van der Waals surface area contributed by atoms with E-state index >= 15 is 0 Å². The minimum Gasteiger partial charge on any atom is -0.441 e. The Labute approximate surface area is 135 Å². The van der Waals surface area contributed by atoms with Gasteiger partial charge in [-0.25, -0.2) is 19.2 Å². The van der Waals surface area contributed by atoms with E-state index in [1.54, 1.807) is 18.2 Å². The van der Waals surface area contributed by atoms with E-state index in [1.807, 2.05) is 5.32 Å². The zero-order chi connectivity index (χ0) is 17.1. The molecule has 1 aromatic heterocycles. The van der Waals surface area contributed by atoms with Gasteiger partial charge in [-0.05, 0) is 12.1 Å². The number of aryl methyl sites for hydroxylation is 1. The average molecular weight is 332 g/mol. The molecule has 8 nitrogen and oxygen atoms in total. The van der Waals surface area contributed by atoms with Crippen LogP contribution in [0.5, 0.6) is 0 Å². The van der Waals surface area contributed by atoms with Gasteiger partial charge in [-0.3, -0.25) is 20.3 Å². The molecular formula is C15H13FN4O4. The number of imide groups is 1. The third kappa shape index (κ3) is 3.40. The van der Waals surface area contributed by atoms with E-state index in [0.29, 0.717) is 0 Å². The van der Waals surface area contributed by atoms with Crippen molar-refractivity contribution < 1.29 is 23.2 Å². The largest absolute Gasteiger partial charge is 0.441 e. The molecular weight excluding hydrogens is 319 g/mol. The number of hydrogen-bond acceptors (Lipinski definition) is 5. The third-order valence-electron chi connectivity index (χ3n) is 3.31. The lowest BCUT2D eigenvalue weighted by atomic mass is 10.2. The fourth-order valence-electron chi connectivity index (χ4n) is 2.17. The Bertz CT molecular complexity index is 804. The van der Waals surface area contributed by atoms with Gasteiger partial charge in [-0.1, -0.05) is 12.1 Å². The van der Waals surface area contributed by atoms with Crippen molar-refractivity contribution in [3.05, 3.63) is 42.2 Å². The van der Waals surface area contributed by atoms with E-state index in [4.69, 9.17) is 4.42 Å². The topological polar surface area (TPSA) is 105 Å². The number of carbonyl (C=O) groups excluding carboxylic acids is 3. The van der Waals surface area contributed by atoms with Crippen LogP contribution in [0, 0.1) is 5.82 Å². The number of oxazole rings is 1. The quantitative estimate of drug-likeness (QED) is 0.795. The van der Waals surface area contributed by atoms with Gasteiger partial charge in [0.15, 0.2) is 11.7 Å². The Morgan fingerprint density at radius 2 is 2.17 bits per heavy atom. The van der Waals surface area contributed by atoms with E-state index in [9.17, 15) is 18.8 Å². The molecule has 9 heteroatoms. The number of nitrogens with zero attached hydrogens (tertiary/aromatic N) is 2. The second-order valence-corrected chi connectivity index (χ2v) is 5.07. The van der Waals surface area contributed by atoms with Gasteiger partial charge in [0, 0.05) is 12.8 Å². The van der Waals surface area contributed by atoms with Gasteiger partial charge < -0.3 is 4.42 Å². The third-order valence-corrected chi connectivity index (χ3v) is 3.31. The lowest BCUT2D eigenvalue weighted by Crippen LogP contribution is -2.44. The number of rotatable bonds is 5. The van der Waals surface area contributed by atoms with Crippen molar-refractivity contribution in [2.24, 2.45) is 0 Å². The lowest BCUT2D eigenvalue weighted by molar-refractivity contribution is -0.125. The molecule has 1 aliphatic heterocycles. The van der Waals surface area contributed by atoms with E-state index in [0.717, 1.165) is 5.01 Å². The molecule has 0 aliphatic carbocycles. The minimum absolute atomic E-state index is 0.00477. The predicted octanol–water partition coefficient (Wildman–Crippen LogP) is 0.996. The molecule has 1 aliphatic rings. The number of urea groups is 1. The number of nitrogens with one attached hydrogen (secondary N) is 2. The van der Waals surface area contributed by atoms with E-state index in [2.05, 4.69) is 10.4 Å². The lowest BCUT2D eigenvalue weighted by Gasteiger charge is -2.13. The van der Waals surface area contributed by atoms with E-state index in [-0.39, 0.29) is 36.6 Å². The summed E-state index contributed by atoms with van der Waals surface area (Å²) in [5.41, 5.74) is 2.59. The number of halogens is 1. The first-order valence-electron chi connectivity index (χ1n) is 7.13. The Balaban J connectivity index is 1.56. The van der Waals surface area contributed by atoms with Gasteiger partial charge >= 0.3 is 6.03 Å². The van der Waals surface area contributed by atoms with Crippen LogP contribution >= 0.6 is 0 Å². The van der Waals surface area contributed by atoms with Crippen molar-refractivity contribution in [3.63, 3.8) is 0 Å². The van der Waals surface area contributed by atoms with Crippen molar-refractivity contribution in [3.8, 4) is 11.3 Å². The summed E-state index contributed by atoms with van der Waals surface area (Å²) in [6.07, 6.45) is 1.55. The van der Waals surface area contributed by atoms with Crippen molar-refractivity contribution in [1.82, 2.24) is 20.7 Å². The molecule has 0 saturated carbocycles. The highest BCUT2D eigenvalue weighted by Crippen LogP contribution is 2.23. The average Bonchev–Trinajstić information content (AvgIpc) is 3.13. The van der Waals surface area contributed by atoms with E-state index < -0.39 is 23.7 Å². The maximum absolute atomic E-state index is 13.7. The fourth-order valence-corrected chi connectivity index (χ4v) is 2.17. The molecule has 2 N–H and O–H groups in total. The highest BCUT2D eigenvalue weighted by Gasteiger charge is 2.28. The van der Waals surface area contributed by atoms with E-state index in [1.165, 1.54) is 12.3 Å². The van der Waals surface area contributed by atoms with Crippen LogP contribution in [0.15, 0.2) is 34.9 Å². The molecule has 3 rings (SSSR count). The number of aromatic nitrogens is 1. The molecule has 1 saturated heterocycles. The summed E-state index contributed by atoms with van der Waals surface area (Å²) >= 11 is 0. The molecule has 124 valence electrons. The van der Waals surface area contributed by atoms with Gasteiger partial charge in [0.05, 0.1) is 11.8 Å². The van der Waals surface area contributed by atoms with Crippen LogP contribution in [0.1, 0.15) is 12.3 Å². The summed E-state index contributed by atoms with van der Waals surface area (Å²) in [5.74, 6) is -0.839. The molecule has 2 heterocycles. The summed E-state index contributed by atoms with van der Waals surface area (Å²) in [4.78, 5) is 38.1. The molecule has 1 fully saturated rings. The molecule has 2 aromatic rings. The zero-order valence-electron chi connectivity index (χ0n) is 12.4. The Hall–Kier alpha value is -3.23. The SMILES string of the molecule is O=C1CN(NC(=O)CCc2ncc(-c3ccccc3F)o2)C(=O)N1. The molecule has 0 bridgehead atoms. The standard InChI is InChI=1S/C15H13FN4O4/c16-10-4-2-1-3-9(10)11-7-17-14(24-11)6-5-12(21)19-20-8-13(22)18-15(20)23/h1-4,7H,5-6,8H2,(H,19,21)(H,18,22,23). The Morgan fingerprint density at radius 3 is 2.88 bits per heavy atom. The minimum atomic E-state index is -0.675. The summed E-state index contributed by atoms with van der Waals surface area (Å²) in [6, 6.07) is 5.45. The van der Waals surface area contributed by atoms with Crippen molar-refractivity contribution in [1.29, 1.82) is 0 Å². The summed E-state index contributed by atoms with van der Waals surface area (Å²) < 4.78 is 19.1. The van der Waals surface area contributed by atoms with Crippen LogP contribution in [0.25, 0.3) is 11.3 Å². The van der Waals surface area contributed by atoms with Gasteiger partial charge in [0.2, 0.25) is 11.8 Å². The maximum atomic E-state index is 13.7. The van der Waals surface area contributed by atoms with Crippen LogP contribution in [0.4, 0.5) is 9.18 Å². The molecule has 24 heavy (non-hydrogen) atoms. The fraction of sp³-hybridized carbons (Fsp3) is 0.200. The van der Waals surface area contributed by atoms with Crippen LogP contribution in [-0.4, -0.2) is 34.4 Å². The van der Waals surface area contributed by atoms with Gasteiger partial charge in [0.25, 0.3) is 0 Å². The van der Waals surface area contributed by atoms with Gasteiger partial charge in [0.1, 0.15) is 12.4 Å². The summed E-state index contributed by atoms with van der Waals surface area (Å²) in [7, 11) is 0. The molecule has 0 atom stereocenters. The van der Waals surface area contributed by atoms with Crippen LogP contribution < -0.4 is 10.7 Å². The first-order chi connectivity index (χ1) is 11.5. The Kier molecular flexibility index (Phi) is 4.23. The number of benzene rings is 1. The number of hydrogen-bond donors (Lipinski definition) is 2. The molecule has 0 spiro atoms. The predicted molar refractivity (Wildman–Crippen MR) is 78.6 cm³/mol. The zero-order valence-corrected chi connectivity index (χ0v) is 12.4. The monoisotopic (exact) mass is 332 g/mol. The first-order valence-corrected chi connectivity index (χ1v) is 7.13. The smallest absolute Gasteiger partial charge is 0.343 e. The van der Waals surface area contributed by atoms with Crippen molar-refractivity contribution >= 4 is 17.8 Å². The highest BCUT2D eigenvalue weighted by molar-refractivity contribution is 6.02. The van der Waals surface area contributed by atoms with Crippen LogP contribution in [0.3, 0.4) is 0 Å². The normalized spacial score (nSPS) is 14.0. The van der Waals surface area contributed by atoms with Gasteiger partial charge in [-0.2, -0.15) is 0 Å². The molecule has 0 unspecified atom stereocenters. The van der Waals surface area contributed by atoms with Crippen LogP contribution in [0.2, 0.25) is 0 Å². The molecule has 4 amide bonds. The number of carbonyl (C=O) groups is 3. The highest BCUT2D eigenvalue weighted by atomic mass is 19.1. The van der Waals surface area contributed by atoms with Crippen LogP contribution in [-0.2, 0) is 16.0 Å². The second kappa shape index (κ2) is 6.49. The Morgan fingerprint density at radius 1 is 1.38 bits per heavy atom. The first kappa shape index (κ1) is 15.7. The number of hydrazine groups is 1. The summed E-state index contributed by atoms with van der Waals surface area (Å²) in [6.45, 7) is -0.221. The maximum Gasteiger partial charge on any atom is 0.343 e. The second-order valence-electron chi connectivity index (χ2n) is 5.07.